The van der Waals surface area contributed by atoms with Crippen LogP contribution < -0.4 is 0 Å². The smallest absolute Gasteiger partial charge is 0.317 e. The van der Waals surface area contributed by atoms with Gasteiger partial charge in [0.2, 0.25) is 0 Å². The molecule has 1 fully saturated rings. The van der Waals surface area contributed by atoms with Gasteiger partial charge in [-0.3, -0.25) is 9.69 Å². The number of thioether (sulfide) groups is 1. The van der Waals surface area contributed by atoms with E-state index in [-0.39, 0.29) is 19.0 Å². The molecule has 0 radical (unpaired) electrons. The Hall–Kier alpha value is 0.0300. The van der Waals surface area contributed by atoms with Gasteiger partial charge in [0.1, 0.15) is 0 Å². The molecule has 1 saturated heterocycles. The second-order valence-electron chi connectivity index (χ2n) is 4.73. The summed E-state index contributed by atoms with van der Waals surface area (Å²) < 4.78 is 0. The van der Waals surface area contributed by atoms with Crippen LogP contribution in [0.4, 0.5) is 0 Å². The molecule has 0 bridgehead atoms. The zero-order valence-electron chi connectivity index (χ0n) is 12.0. The number of nitrogens with zero attached hydrogens (tertiary/aromatic N) is 2. The summed E-state index contributed by atoms with van der Waals surface area (Å²) in [5.74, 6) is 1.70. The summed E-state index contributed by atoms with van der Waals surface area (Å²) in [4.78, 5) is 15.4. The van der Waals surface area contributed by atoms with Gasteiger partial charge in [0.05, 0.1) is 6.54 Å². The Morgan fingerprint density at radius 2 is 2.00 bits per heavy atom. The fourth-order valence-corrected chi connectivity index (χ4v) is 3.19. The van der Waals surface area contributed by atoms with E-state index in [1.807, 2.05) is 18.7 Å². The predicted molar refractivity (Wildman–Crippen MR) is 84.6 cm³/mol. The molecule has 0 aromatic heterocycles. The van der Waals surface area contributed by atoms with Gasteiger partial charge in [0.25, 0.3) is 0 Å². The van der Waals surface area contributed by atoms with Gasteiger partial charge in [-0.1, -0.05) is 13.8 Å². The van der Waals surface area contributed by atoms with Crippen molar-refractivity contribution in [3.63, 3.8) is 0 Å². The van der Waals surface area contributed by atoms with Crippen molar-refractivity contribution in [1.82, 2.24) is 9.80 Å². The molecule has 1 heterocycles. The average molecular weight is 311 g/mol. The monoisotopic (exact) mass is 310 g/mol. The van der Waals surface area contributed by atoms with Crippen molar-refractivity contribution in [1.29, 1.82) is 0 Å². The lowest BCUT2D eigenvalue weighted by molar-refractivity contribution is -0.139. The summed E-state index contributed by atoms with van der Waals surface area (Å²) in [6, 6.07) is 0.459. The van der Waals surface area contributed by atoms with Crippen molar-refractivity contribution in [3.8, 4) is 0 Å². The van der Waals surface area contributed by atoms with Gasteiger partial charge >= 0.3 is 5.97 Å². The highest BCUT2D eigenvalue weighted by molar-refractivity contribution is 7.99. The minimum absolute atomic E-state index is 0. The van der Waals surface area contributed by atoms with Crippen molar-refractivity contribution >= 4 is 30.1 Å². The third kappa shape index (κ3) is 7.40. The minimum Gasteiger partial charge on any atom is -0.480 e. The second-order valence-corrected chi connectivity index (χ2v) is 6.12. The van der Waals surface area contributed by atoms with Crippen LogP contribution in [0.15, 0.2) is 0 Å². The van der Waals surface area contributed by atoms with E-state index in [0.29, 0.717) is 6.04 Å². The van der Waals surface area contributed by atoms with Crippen LogP contribution in [0.25, 0.3) is 0 Å². The molecule has 1 rings (SSSR count). The zero-order valence-corrected chi connectivity index (χ0v) is 13.6. The number of aliphatic carboxylic acids is 1. The van der Waals surface area contributed by atoms with Crippen molar-refractivity contribution in [3.05, 3.63) is 0 Å². The molecule has 114 valence electrons. The standard InChI is InChI=1S/C13H26N2O2S.ClH/c1-3-15(11-13(16)17)12-5-7-14(8-6-12)9-10-18-4-2;/h12H,3-11H2,1-2H3,(H,16,17);1H. The molecular formula is C13H27ClN2O2S. The number of hydrogen-bond donors (Lipinski definition) is 1. The maximum absolute atomic E-state index is 10.8. The molecule has 1 aliphatic heterocycles. The number of likely N-dealkylation sites (tertiary alicyclic amines) is 1. The third-order valence-electron chi connectivity index (χ3n) is 3.57. The molecule has 0 aromatic carbocycles. The number of hydrogen-bond acceptors (Lipinski definition) is 4. The van der Waals surface area contributed by atoms with Crippen LogP contribution in [0.2, 0.25) is 0 Å². The van der Waals surface area contributed by atoms with Gasteiger partial charge in [0.15, 0.2) is 0 Å². The van der Waals surface area contributed by atoms with Gasteiger partial charge in [-0.25, -0.2) is 0 Å². The molecule has 6 heteroatoms. The molecule has 4 nitrogen and oxygen atoms in total. The molecule has 1 N–H and O–H groups in total. The molecular weight excluding hydrogens is 284 g/mol. The van der Waals surface area contributed by atoms with Gasteiger partial charge in [0, 0.05) is 18.3 Å². The topological polar surface area (TPSA) is 43.8 Å². The molecule has 0 saturated carbocycles. The fraction of sp³-hybridized carbons (Fsp3) is 0.923. The Morgan fingerprint density at radius 3 is 2.47 bits per heavy atom. The second kappa shape index (κ2) is 10.8. The van der Waals surface area contributed by atoms with Gasteiger partial charge < -0.3 is 10.0 Å². The summed E-state index contributed by atoms with van der Waals surface area (Å²) in [6.45, 7) is 8.68. The van der Waals surface area contributed by atoms with E-state index in [1.165, 1.54) is 18.1 Å². The molecule has 0 spiro atoms. The summed E-state index contributed by atoms with van der Waals surface area (Å²) >= 11 is 1.99. The first-order chi connectivity index (χ1) is 8.67. The van der Waals surface area contributed by atoms with Crippen LogP contribution >= 0.6 is 24.2 Å². The number of rotatable bonds is 8. The first-order valence-electron chi connectivity index (χ1n) is 6.93. The van der Waals surface area contributed by atoms with Crippen molar-refractivity contribution in [2.24, 2.45) is 0 Å². The largest absolute Gasteiger partial charge is 0.480 e. The zero-order chi connectivity index (χ0) is 13.4. The predicted octanol–water partition coefficient (Wildman–Crippen LogP) is 2.03. The van der Waals surface area contributed by atoms with Crippen LogP contribution in [-0.2, 0) is 4.79 Å². The van der Waals surface area contributed by atoms with Crippen LogP contribution in [0.5, 0.6) is 0 Å². The Kier molecular flexibility index (Phi) is 10.8. The molecule has 0 aliphatic carbocycles. The molecule has 1 aliphatic rings. The van der Waals surface area contributed by atoms with Crippen LogP contribution in [0.3, 0.4) is 0 Å². The van der Waals surface area contributed by atoms with E-state index in [9.17, 15) is 4.79 Å². The lowest BCUT2D eigenvalue weighted by atomic mass is 10.0. The number of likely N-dealkylation sites (N-methyl/N-ethyl adjacent to an activating group) is 1. The highest BCUT2D eigenvalue weighted by Crippen LogP contribution is 2.16. The maximum Gasteiger partial charge on any atom is 0.317 e. The first-order valence-corrected chi connectivity index (χ1v) is 8.08. The Labute approximate surface area is 127 Å². The minimum atomic E-state index is -0.710. The lowest BCUT2D eigenvalue weighted by Gasteiger charge is -2.37. The summed E-state index contributed by atoms with van der Waals surface area (Å²) in [5.41, 5.74) is 0. The van der Waals surface area contributed by atoms with Gasteiger partial charge in [-0.2, -0.15) is 11.8 Å². The maximum atomic E-state index is 10.8. The van der Waals surface area contributed by atoms with Gasteiger partial charge in [-0.15, -0.1) is 12.4 Å². The molecule has 0 unspecified atom stereocenters. The van der Waals surface area contributed by atoms with Gasteiger partial charge in [-0.05, 0) is 38.2 Å². The third-order valence-corrected chi connectivity index (χ3v) is 4.45. The number of piperidine rings is 1. The molecule has 0 atom stereocenters. The van der Waals surface area contributed by atoms with Crippen LogP contribution in [0, 0.1) is 0 Å². The van der Waals surface area contributed by atoms with Crippen molar-refractivity contribution in [2.45, 2.75) is 32.7 Å². The van der Waals surface area contributed by atoms with Crippen LogP contribution in [0.1, 0.15) is 26.7 Å². The Bertz CT molecular complexity index is 249. The molecule has 0 aromatic rings. The van der Waals surface area contributed by atoms with E-state index < -0.39 is 5.97 Å². The SMILES string of the molecule is CCSCCN1CCC(N(CC)CC(=O)O)CC1.Cl. The normalized spacial score (nSPS) is 17.4. The number of halogens is 1. The van der Waals surface area contributed by atoms with Crippen molar-refractivity contribution < 1.29 is 9.90 Å². The summed E-state index contributed by atoms with van der Waals surface area (Å²) in [5, 5.41) is 8.89. The quantitative estimate of drug-likeness (QED) is 0.695. The van der Waals surface area contributed by atoms with E-state index in [0.717, 1.165) is 32.5 Å². The first kappa shape index (κ1) is 19.0. The highest BCUT2D eigenvalue weighted by atomic mass is 35.5. The van der Waals surface area contributed by atoms with Crippen LogP contribution in [-0.4, -0.2) is 71.1 Å². The Morgan fingerprint density at radius 1 is 1.37 bits per heavy atom. The number of carboxylic acids is 1. The summed E-state index contributed by atoms with van der Waals surface area (Å²) in [7, 11) is 0. The lowest BCUT2D eigenvalue weighted by Crippen LogP contribution is -2.46. The highest BCUT2D eigenvalue weighted by Gasteiger charge is 2.24. The Balaban J connectivity index is 0.00000324. The average Bonchev–Trinajstić information content (AvgIpc) is 2.37. The van der Waals surface area contributed by atoms with E-state index in [2.05, 4.69) is 16.7 Å². The molecule has 19 heavy (non-hydrogen) atoms. The number of carbonyl (C=O) groups is 1. The van der Waals surface area contributed by atoms with Crippen molar-refractivity contribution in [2.75, 3.05) is 44.2 Å². The van der Waals surface area contributed by atoms with E-state index in [4.69, 9.17) is 5.11 Å². The fourth-order valence-electron chi connectivity index (χ4n) is 2.52. The van der Waals surface area contributed by atoms with E-state index >= 15 is 0 Å². The summed E-state index contributed by atoms with van der Waals surface area (Å²) in [6.07, 6.45) is 2.22. The van der Waals surface area contributed by atoms with E-state index in [1.54, 1.807) is 0 Å². The number of carboxylic acid groups (broad SMARTS) is 1. The molecule has 0 amide bonds.